The molecule has 1 aromatic heterocycles. The minimum Gasteiger partial charge on any atom is -0.397 e. The second-order valence-electron chi connectivity index (χ2n) is 4.17. The van der Waals surface area contributed by atoms with Crippen LogP contribution in [0.15, 0.2) is 24.4 Å². The van der Waals surface area contributed by atoms with Crippen molar-refractivity contribution in [1.82, 2.24) is 4.98 Å². The molecule has 0 saturated heterocycles. The van der Waals surface area contributed by atoms with Gasteiger partial charge in [0.15, 0.2) is 5.15 Å². The Bertz CT molecular complexity index is 666. The number of nitrogens with one attached hydrogen (secondary N) is 1. The van der Waals surface area contributed by atoms with E-state index >= 15 is 0 Å². The maximum absolute atomic E-state index is 12.1. The van der Waals surface area contributed by atoms with Crippen LogP contribution in [0.2, 0.25) is 15.2 Å². The van der Waals surface area contributed by atoms with E-state index in [9.17, 15) is 4.79 Å². The zero-order valence-electron chi connectivity index (χ0n) is 10.4. The molecule has 0 unspecified atom stereocenters. The summed E-state index contributed by atoms with van der Waals surface area (Å²) in [7, 11) is 0. The fourth-order valence-electron chi connectivity index (χ4n) is 1.58. The van der Waals surface area contributed by atoms with Gasteiger partial charge < -0.3 is 11.1 Å². The minimum atomic E-state index is -0.399. The van der Waals surface area contributed by atoms with E-state index in [1.54, 1.807) is 12.3 Å². The van der Waals surface area contributed by atoms with Gasteiger partial charge >= 0.3 is 0 Å². The van der Waals surface area contributed by atoms with Crippen LogP contribution in [0.3, 0.4) is 0 Å². The fraction of sp³-hybridized carbons (Fsp3) is 0.0769. The summed E-state index contributed by atoms with van der Waals surface area (Å²) in [6.45, 7) is 1.84. The second kappa shape index (κ2) is 5.87. The number of nitrogens with two attached hydrogens (primary N) is 1. The molecule has 4 nitrogen and oxygen atoms in total. The van der Waals surface area contributed by atoms with E-state index in [1.165, 1.54) is 12.1 Å². The standard InChI is InChI=1S/C13H10Cl3N3O/c1-6-2-10(12(16)18-5-6)19-13(20)7-3-8(14)11(15)9(17)4-7/h2-5H,17H2,1H3,(H,19,20). The number of pyridine rings is 1. The number of hydrogen-bond donors (Lipinski definition) is 2. The lowest BCUT2D eigenvalue weighted by Crippen LogP contribution is -2.13. The van der Waals surface area contributed by atoms with Gasteiger partial charge in [0.25, 0.3) is 5.91 Å². The average molecular weight is 331 g/mol. The van der Waals surface area contributed by atoms with Crippen molar-refractivity contribution in [3.8, 4) is 0 Å². The molecule has 2 aromatic rings. The molecule has 0 spiro atoms. The minimum absolute atomic E-state index is 0.206. The summed E-state index contributed by atoms with van der Waals surface area (Å²) in [6.07, 6.45) is 1.61. The van der Waals surface area contributed by atoms with Crippen molar-refractivity contribution < 1.29 is 4.79 Å². The van der Waals surface area contributed by atoms with Crippen molar-refractivity contribution in [2.75, 3.05) is 11.1 Å². The lowest BCUT2D eigenvalue weighted by molar-refractivity contribution is 0.102. The summed E-state index contributed by atoms with van der Waals surface area (Å²) >= 11 is 17.7. The van der Waals surface area contributed by atoms with Crippen LogP contribution in [0, 0.1) is 6.92 Å². The van der Waals surface area contributed by atoms with Crippen molar-refractivity contribution in [2.24, 2.45) is 0 Å². The van der Waals surface area contributed by atoms with Crippen molar-refractivity contribution in [2.45, 2.75) is 6.92 Å². The second-order valence-corrected chi connectivity index (χ2v) is 5.31. The highest BCUT2D eigenvalue weighted by Crippen LogP contribution is 2.30. The van der Waals surface area contributed by atoms with Gasteiger partial charge in [-0.1, -0.05) is 34.8 Å². The highest BCUT2D eigenvalue weighted by molar-refractivity contribution is 6.44. The quantitative estimate of drug-likeness (QED) is 0.641. The Morgan fingerprint density at radius 3 is 2.60 bits per heavy atom. The number of rotatable bonds is 2. The zero-order chi connectivity index (χ0) is 14.9. The van der Waals surface area contributed by atoms with Crippen molar-refractivity contribution in [3.05, 3.63) is 50.7 Å². The van der Waals surface area contributed by atoms with Gasteiger partial charge in [-0.3, -0.25) is 4.79 Å². The Hall–Kier alpha value is -1.49. The van der Waals surface area contributed by atoms with Gasteiger partial charge in [-0.2, -0.15) is 0 Å². The third-order valence-electron chi connectivity index (χ3n) is 2.54. The molecular weight excluding hydrogens is 321 g/mol. The Morgan fingerprint density at radius 1 is 1.25 bits per heavy atom. The molecule has 0 fully saturated rings. The Kier molecular flexibility index (Phi) is 4.38. The molecule has 7 heteroatoms. The lowest BCUT2D eigenvalue weighted by atomic mass is 10.2. The van der Waals surface area contributed by atoms with Gasteiger partial charge in [0.2, 0.25) is 0 Å². The van der Waals surface area contributed by atoms with Gasteiger partial charge in [0.05, 0.1) is 21.4 Å². The van der Waals surface area contributed by atoms with E-state index in [4.69, 9.17) is 40.5 Å². The Labute approximate surface area is 130 Å². The molecule has 0 aliphatic rings. The summed E-state index contributed by atoms with van der Waals surface area (Å²) < 4.78 is 0. The number of aryl methyl sites for hydroxylation is 1. The molecule has 1 heterocycles. The highest BCUT2D eigenvalue weighted by Gasteiger charge is 2.13. The van der Waals surface area contributed by atoms with Crippen LogP contribution in [-0.4, -0.2) is 10.9 Å². The van der Waals surface area contributed by atoms with E-state index in [2.05, 4.69) is 10.3 Å². The summed E-state index contributed by atoms with van der Waals surface area (Å²) in [5.41, 5.74) is 7.48. The van der Waals surface area contributed by atoms with Crippen molar-refractivity contribution in [1.29, 1.82) is 0 Å². The predicted molar refractivity (Wildman–Crippen MR) is 82.8 cm³/mol. The molecule has 0 saturated carbocycles. The number of carbonyl (C=O) groups excluding carboxylic acids is 1. The largest absolute Gasteiger partial charge is 0.397 e. The van der Waals surface area contributed by atoms with E-state index in [1.807, 2.05) is 6.92 Å². The molecule has 3 N–H and O–H groups in total. The molecule has 2 rings (SSSR count). The third kappa shape index (κ3) is 3.15. The normalized spacial score (nSPS) is 10.4. The summed E-state index contributed by atoms with van der Waals surface area (Å²) in [6, 6.07) is 4.60. The van der Waals surface area contributed by atoms with Crippen LogP contribution < -0.4 is 11.1 Å². The predicted octanol–water partition coefficient (Wildman–Crippen LogP) is 4.18. The number of amides is 1. The van der Waals surface area contributed by atoms with Crippen molar-refractivity contribution in [3.63, 3.8) is 0 Å². The number of aromatic nitrogens is 1. The van der Waals surface area contributed by atoms with Gasteiger partial charge in [-0.25, -0.2) is 4.98 Å². The molecule has 1 aromatic carbocycles. The SMILES string of the molecule is Cc1cnc(Cl)c(NC(=O)c2cc(N)c(Cl)c(Cl)c2)c1. The summed E-state index contributed by atoms with van der Waals surface area (Å²) in [5, 5.41) is 3.29. The molecular formula is C13H10Cl3N3O. The van der Waals surface area contributed by atoms with E-state index in [-0.39, 0.29) is 26.4 Å². The molecule has 0 aliphatic carbocycles. The van der Waals surface area contributed by atoms with Crippen molar-refractivity contribution >= 4 is 52.1 Å². The Balaban J connectivity index is 2.31. The number of halogens is 3. The van der Waals surface area contributed by atoms with Gasteiger partial charge in [0, 0.05) is 11.8 Å². The summed E-state index contributed by atoms with van der Waals surface area (Å²) in [4.78, 5) is 16.1. The molecule has 0 radical (unpaired) electrons. The number of anilines is 2. The molecule has 20 heavy (non-hydrogen) atoms. The fourth-order valence-corrected chi connectivity index (χ4v) is 2.06. The molecule has 104 valence electrons. The number of nitrogens with zero attached hydrogens (tertiary/aromatic N) is 1. The molecule has 0 atom stereocenters. The lowest BCUT2D eigenvalue weighted by Gasteiger charge is -2.09. The first-order valence-corrected chi connectivity index (χ1v) is 6.70. The van der Waals surface area contributed by atoms with Crippen LogP contribution >= 0.6 is 34.8 Å². The smallest absolute Gasteiger partial charge is 0.255 e. The van der Waals surface area contributed by atoms with E-state index in [0.717, 1.165) is 5.56 Å². The first-order chi connectivity index (χ1) is 9.38. The zero-order valence-corrected chi connectivity index (χ0v) is 12.6. The van der Waals surface area contributed by atoms with Gasteiger partial charge in [-0.15, -0.1) is 0 Å². The first kappa shape index (κ1) is 14.9. The van der Waals surface area contributed by atoms with Crippen LogP contribution in [0.1, 0.15) is 15.9 Å². The molecule has 0 bridgehead atoms. The maximum Gasteiger partial charge on any atom is 0.255 e. The van der Waals surface area contributed by atoms with E-state index in [0.29, 0.717) is 5.69 Å². The number of carbonyl (C=O) groups is 1. The van der Waals surface area contributed by atoms with Crippen LogP contribution in [0.25, 0.3) is 0 Å². The maximum atomic E-state index is 12.1. The van der Waals surface area contributed by atoms with Crippen LogP contribution in [0.4, 0.5) is 11.4 Å². The van der Waals surface area contributed by atoms with Crippen LogP contribution in [-0.2, 0) is 0 Å². The summed E-state index contributed by atoms with van der Waals surface area (Å²) in [5.74, 6) is -0.399. The van der Waals surface area contributed by atoms with Crippen LogP contribution in [0.5, 0.6) is 0 Å². The highest BCUT2D eigenvalue weighted by atomic mass is 35.5. The molecule has 0 aliphatic heterocycles. The van der Waals surface area contributed by atoms with E-state index < -0.39 is 5.91 Å². The number of benzene rings is 1. The number of hydrogen-bond acceptors (Lipinski definition) is 3. The average Bonchev–Trinajstić information content (AvgIpc) is 2.39. The number of nitrogen functional groups attached to an aromatic ring is 1. The van der Waals surface area contributed by atoms with Gasteiger partial charge in [0.1, 0.15) is 0 Å². The first-order valence-electron chi connectivity index (χ1n) is 5.56. The third-order valence-corrected chi connectivity index (χ3v) is 3.66. The monoisotopic (exact) mass is 329 g/mol. The Morgan fingerprint density at radius 2 is 1.95 bits per heavy atom. The van der Waals surface area contributed by atoms with Gasteiger partial charge in [-0.05, 0) is 30.7 Å². The molecule has 1 amide bonds. The topological polar surface area (TPSA) is 68.0 Å².